The molecule has 0 N–H and O–H groups in total. The van der Waals surface area contributed by atoms with E-state index < -0.39 is 0 Å². The summed E-state index contributed by atoms with van der Waals surface area (Å²) < 4.78 is 6.44. The van der Waals surface area contributed by atoms with Gasteiger partial charge in [0.15, 0.2) is 0 Å². The van der Waals surface area contributed by atoms with Crippen LogP contribution in [0.3, 0.4) is 0 Å². The van der Waals surface area contributed by atoms with Crippen LogP contribution in [0.25, 0.3) is 0 Å². The van der Waals surface area contributed by atoms with Gasteiger partial charge in [0.05, 0.1) is 12.8 Å². The van der Waals surface area contributed by atoms with Crippen molar-refractivity contribution in [1.29, 1.82) is 0 Å². The monoisotopic (exact) mass is 388 g/mol. The molecule has 0 atom stereocenters. The van der Waals surface area contributed by atoms with Gasteiger partial charge in [-0.15, -0.1) is 0 Å². The minimum atomic E-state index is 0.111. The van der Waals surface area contributed by atoms with Gasteiger partial charge in [0, 0.05) is 36.2 Å². The summed E-state index contributed by atoms with van der Waals surface area (Å²) in [6.45, 7) is 5.02. The zero-order valence-electron chi connectivity index (χ0n) is 14.0. The Labute approximate surface area is 151 Å². The maximum absolute atomic E-state index is 12.8. The highest BCUT2D eigenvalue weighted by atomic mass is 79.9. The van der Waals surface area contributed by atoms with Crippen LogP contribution >= 0.6 is 15.9 Å². The number of benzene rings is 2. The van der Waals surface area contributed by atoms with Crippen molar-refractivity contribution in [2.24, 2.45) is 0 Å². The minimum absolute atomic E-state index is 0.111. The maximum Gasteiger partial charge on any atom is 0.254 e. The van der Waals surface area contributed by atoms with Crippen molar-refractivity contribution in [3.63, 3.8) is 0 Å². The first-order chi connectivity index (χ1) is 11.6. The number of hydrogen-bond acceptors (Lipinski definition) is 3. The third-order valence-corrected chi connectivity index (χ3v) is 4.90. The number of amides is 1. The fourth-order valence-electron chi connectivity index (χ4n) is 3.08. The molecule has 0 bridgehead atoms. The topological polar surface area (TPSA) is 32.8 Å². The number of anilines is 1. The average Bonchev–Trinajstić information content (AvgIpc) is 2.61. The van der Waals surface area contributed by atoms with E-state index in [9.17, 15) is 4.79 Å². The second-order valence-corrected chi connectivity index (χ2v) is 6.83. The Morgan fingerprint density at radius 3 is 2.46 bits per heavy atom. The van der Waals surface area contributed by atoms with Gasteiger partial charge in [-0.3, -0.25) is 4.79 Å². The molecule has 2 aromatic rings. The molecule has 1 aliphatic rings. The molecule has 2 aromatic carbocycles. The van der Waals surface area contributed by atoms with E-state index in [0.29, 0.717) is 13.1 Å². The van der Waals surface area contributed by atoms with Crippen LogP contribution in [-0.4, -0.2) is 44.1 Å². The quantitative estimate of drug-likeness (QED) is 0.802. The second kappa shape index (κ2) is 7.26. The lowest BCUT2D eigenvalue weighted by Gasteiger charge is -2.36. The molecule has 1 fully saturated rings. The van der Waals surface area contributed by atoms with E-state index in [-0.39, 0.29) is 5.91 Å². The molecule has 1 aliphatic heterocycles. The van der Waals surface area contributed by atoms with Crippen LogP contribution in [0.4, 0.5) is 5.69 Å². The normalized spacial score (nSPS) is 14.6. The Morgan fingerprint density at radius 2 is 1.79 bits per heavy atom. The van der Waals surface area contributed by atoms with Gasteiger partial charge in [0.25, 0.3) is 5.91 Å². The third kappa shape index (κ3) is 3.41. The number of halogens is 1. The molecule has 5 heteroatoms. The van der Waals surface area contributed by atoms with Crippen LogP contribution in [0.5, 0.6) is 5.75 Å². The molecule has 1 saturated heterocycles. The summed E-state index contributed by atoms with van der Waals surface area (Å²) in [5, 5.41) is 0. The Hall–Kier alpha value is -2.01. The molecule has 4 nitrogen and oxygen atoms in total. The molecular weight excluding hydrogens is 368 g/mol. The molecule has 24 heavy (non-hydrogen) atoms. The highest BCUT2D eigenvalue weighted by Gasteiger charge is 2.24. The van der Waals surface area contributed by atoms with Gasteiger partial charge in [0.1, 0.15) is 5.75 Å². The third-order valence-electron chi connectivity index (χ3n) is 4.41. The fraction of sp³-hybridized carbons (Fsp3) is 0.316. The van der Waals surface area contributed by atoms with Gasteiger partial charge in [-0.2, -0.15) is 0 Å². The highest BCUT2D eigenvalue weighted by molar-refractivity contribution is 9.10. The van der Waals surface area contributed by atoms with Crippen molar-refractivity contribution in [1.82, 2.24) is 4.90 Å². The van der Waals surface area contributed by atoms with E-state index in [1.54, 1.807) is 7.11 Å². The van der Waals surface area contributed by atoms with E-state index in [0.717, 1.165) is 40.1 Å². The summed E-state index contributed by atoms with van der Waals surface area (Å²) in [6, 6.07) is 13.8. The summed E-state index contributed by atoms with van der Waals surface area (Å²) in [4.78, 5) is 17.0. The smallest absolute Gasteiger partial charge is 0.254 e. The molecule has 0 spiro atoms. The van der Waals surface area contributed by atoms with Crippen LogP contribution < -0.4 is 9.64 Å². The lowest BCUT2D eigenvalue weighted by atomic mass is 10.1. The first kappa shape index (κ1) is 16.8. The van der Waals surface area contributed by atoms with Crippen LogP contribution in [0, 0.1) is 6.92 Å². The molecule has 0 aromatic heterocycles. The summed E-state index contributed by atoms with van der Waals surface area (Å²) in [5.41, 5.74) is 2.87. The van der Waals surface area contributed by atoms with Crippen molar-refractivity contribution in [3.8, 4) is 5.75 Å². The summed E-state index contributed by atoms with van der Waals surface area (Å²) in [5.74, 6) is 0.987. The van der Waals surface area contributed by atoms with E-state index in [1.165, 1.54) is 0 Å². The number of piperazine rings is 1. The largest absolute Gasteiger partial charge is 0.495 e. The number of ether oxygens (including phenoxy) is 1. The number of aryl methyl sites for hydroxylation is 1. The Bertz CT molecular complexity index is 740. The zero-order valence-corrected chi connectivity index (χ0v) is 15.5. The van der Waals surface area contributed by atoms with E-state index in [4.69, 9.17) is 4.74 Å². The zero-order chi connectivity index (χ0) is 17.1. The lowest BCUT2D eigenvalue weighted by Crippen LogP contribution is -2.49. The molecule has 0 saturated carbocycles. The van der Waals surface area contributed by atoms with Crippen molar-refractivity contribution < 1.29 is 9.53 Å². The number of carbonyl (C=O) groups excluding carboxylic acids is 1. The van der Waals surface area contributed by atoms with E-state index in [2.05, 4.69) is 26.9 Å². The number of methoxy groups -OCH3 is 1. The van der Waals surface area contributed by atoms with Crippen molar-refractivity contribution in [2.75, 3.05) is 38.2 Å². The second-order valence-electron chi connectivity index (χ2n) is 5.91. The molecule has 0 aliphatic carbocycles. The van der Waals surface area contributed by atoms with Gasteiger partial charge in [-0.05, 0) is 42.8 Å². The predicted octanol–water partition coefficient (Wildman–Crippen LogP) is 3.73. The number of para-hydroxylation sites is 2. The van der Waals surface area contributed by atoms with E-state index >= 15 is 0 Å². The average molecular weight is 389 g/mol. The Morgan fingerprint density at radius 1 is 1.08 bits per heavy atom. The first-order valence-electron chi connectivity index (χ1n) is 8.03. The molecule has 0 unspecified atom stereocenters. The Balaban J connectivity index is 1.69. The van der Waals surface area contributed by atoms with Gasteiger partial charge < -0.3 is 14.5 Å². The lowest BCUT2D eigenvalue weighted by molar-refractivity contribution is 0.0746. The van der Waals surface area contributed by atoms with Crippen LogP contribution in [0.1, 0.15) is 15.9 Å². The molecule has 3 rings (SSSR count). The standard InChI is InChI=1S/C19H21BrN2O2/c1-14-13-15(20)7-8-16(14)19(23)22-11-9-21(10-12-22)17-5-3-4-6-18(17)24-2/h3-8,13H,9-12H2,1-2H3. The van der Waals surface area contributed by atoms with Crippen molar-refractivity contribution >= 4 is 27.5 Å². The van der Waals surface area contributed by atoms with Crippen LogP contribution in [0.15, 0.2) is 46.9 Å². The Kier molecular flexibility index (Phi) is 5.09. The van der Waals surface area contributed by atoms with Crippen LogP contribution in [-0.2, 0) is 0 Å². The van der Waals surface area contributed by atoms with Gasteiger partial charge in [-0.1, -0.05) is 28.1 Å². The highest BCUT2D eigenvalue weighted by Crippen LogP contribution is 2.28. The summed E-state index contributed by atoms with van der Waals surface area (Å²) in [6.07, 6.45) is 0. The summed E-state index contributed by atoms with van der Waals surface area (Å²) in [7, 11) is 1.69. The minimum Gasteiger partial charge on any atom is -0.495 e. The molecule has 126 valence electrons. The van der Waals surface area contributed by atoms with Crippen molar-refractivity contribution in [3.05, 3.63) is 58.1 Å². The van der Waals surface area contributed by atoms with Gasteiger partial charge in [0.2, 0.25) is 0 Å². The fourth-order valence-corrected chi connectivity index (χ4v) is 3.55. The summed E-state index contributed by atoms with van der Waals surface area (Å²) >= 11 is 3.45. The number of nitrogens with zero attached hydrogens (tertiary/aromatic N) is 2. The molecule has 1 heterocycles. The number of hydrogen-bond donors (Lipinski definition) is 0. The molecule has 0 radical (unpaired) electrons. The number of carbonyl (C=O) groups is 1. The molecule has 1 amide bonds. The number of rotatable bonds is 3. The first-order valence-corrected chi connectivity index (χ1v) is 8.83. The van der Waals surface area contributed by atoms with Gasteiger partial charge >= 0.3 is 0 Å². The predicted molar refractivity (Wildman–Crippen MR) is 100.0 cm³/mol. The maximum atomic E-state index is 12.8. The van der Waals surface area contributed by atoms with Crippen molar-refractivity contribution in [2.45, 2.75) is 6.92 Å². The van der Waals surface area contributed by atoms with Gasteiger partial charge in [-0.25, -0.2) is 0 Å². The van der Waals surface area contributed by atoms with Crippen LogP contribution in [0.2, 0.25) is 0 Å². The van der Waals surface area contributed by atoms with E-state index in [1.807, 2.05) is 48.2 Å². The molecular formula is C19H21BrN2O2. The SMILES string of the molecule is COc1ccccc1N1CCN(C(=O)c2ccc(Br)cc2C)CC1.